The third-order valence-electron chi connectivity index (χ3n) is 8.25. The SMILES string of the molecule is O=C(NC1CCCC1)C1(c2ccc(Nc3nc(N4CCOCC4)nc4c3CCC4)cc2)CCC1. The van der Waals surface area contributed by atoms with Gasteiger partial charge in [0.15, 0.2) is 0 Å². The average molecular weight is 462 g/mol. The van der Waals surface area contributed by atoms with Crippen LogP contribution in [0.3, 0.4) is 0 Å². The lowest BCUT2D eigenvalue weighted by molar-refractivity contribution is -0.130. The van der Waals surface area contributed by atoms with E-state index in [1.54, 1.807) is 0 Å². The predicted octanol–water partition coefficient (Wildman–Crippen LogP) is 4.03. The van der Waals surface area contributed by atoms with Gasteiger partial charge in [-0.25, -0.2) is 4.98 Å². The number of nitrogens with zero attached hydrogens (tertiary/aromatic N) is 3. The number of rotatable bonds is 6. The van der Waals surface area contributed by atoms with Crippen LogP contribution in [0.4, 0.5) is 17.5 Å². The van der Waals surface area contributed by atoms with Gasteiger partial charge in [-0.3, -0.25) is 4.79 Å². The quantitative estimate of drug-likeness (QED) is 0.676. The predicted molar refractivity (Wildman–Crippen MR) is 133 cm³/mol. The number of nitrogens with one attached hydrogen (secondary N) is 2. The van der Waals surface area contributed by atoms with Crippen LogP contribution < -0.4 is 15.5 Å². The van der Waals surface area contributed by atoms with Crippen molar-refractivity contribution in [3.8, 4) is 0 Å². The second-order valence-corrected chi connectivity index (χ2v) is 10.3. The molecule has 2 heterocycles. The number of hydrogen-bond acceptors (Lipinski definition) is 6. The Bertz CT molecular complexity index is 1040. The van der Waals surface area contributed by atoms with Crippen LogP contribution in [0, 0.1) is 0 Å². The molecule has 4 aliphatic rings. The molecule has 1 aromatic heterocycles. The van der Waals surface area contributed by atoms with Crippen molar-refractivity contribution in [3.63, 3.8) is 0 Å². The van der Waals surface area contributed by atoms with E-state index in [1.165, 1.54) is 24.1 Å². The first kappa shape index (κ1) is 21.8. The van der Waals surface area contributed by atoms with Crippen molar-refractivity contribution in [2.45, 2.75) is 75.7 Å². The Hall–Kier alpha value is -2.67. The highest BCUT2D eigenvalue weighted by Crippen LogP contribution is 2.45. The summed E-state index contributed by atoms with van der Waals surface area (Å²) in [5.74, 6) is 1.96. The molecular formula is C27H35N5O2. The summed E-state index contributed by atoms with van der Waals surface area (Å²) in [4.78, 5) is 25.3. The zero-order valence-electron chi connectivity index (χ0n) is 19.9. The molecule has 3 fully saturated rings. The van der Waals surface area contributed by atoms with Crippen LogP contribution in [0.1, 0.15) is 68.2 Å². The number of fused-ring (bicyclic) bond motifs is 1. The first-order chi connectivity index (χ1) is 16.7. The molecule has 1 saturated heterocycles. The molecular weight excluding hydrogens is 426 g/mol. The molecule has 2 aromatic rings. The summed E-state index contributed by atoms with van der Waals surface area (Å²) in [6, 6.07) is 8.86. The fourth-order valence-electron chi connectivity index (χ4n) is 6.01. The van der Waals surface area contributed by atoms with Gasteiger partial charge in [-0.2, -0.15) is 4.98 Å². The van der Waals surface area contributed by atoms with Gasteiger partial charge in [0.2, 0.25) is 11.9 Å². The van der Waals surface area contributed by atoms with E-state index in [0.29, 0.717) is 6.04 Å². The summed E-state index contributed by atoms with van der Waals surface area (Å²) in [7, 11) is 0. The summed E-state index contributed by atoms with van der Waals surface area (Å²) >= 11 is 0. The minimum atomic E-state index is -0.346. The van der Waals surface area contributed by atoms with Gasteiger partial charge in [0.05, 0.1) is 24.3 Å². The Balaban J connectivity index is 1.21. The molecule has 7 nitrogen and oxygen atoms in total. The van der Waals surface area contributed by atoms with Crippen molar-refractivity contribution >= 4 is 23.4 Å². The highest BCUT2D eigenvalue weighted by molar-refractivity contribution is 5.89. The van der Waals surface area contributed by atoms with Crippen LogP contribution in [0.5, 0.6) is 0 Å². The highest BCUT2D eigenvalue weighted by atomic mass is 16.5. The number of carbonyl (C=O) groups excluding carboxylic acids is 1. The molecule has 0 atom stereocenters. The number of morpholine rings is 1. The number of hydrogen-bond donors (Lipinski definition) is 2. The first-order valence-electron chi connectivity index (χ1n) is 13.1. The van der Waals surface area contributed by atoms with Crippen LogP contribution in [-0.2, 0) is 27.8 Å². The zero-order chi connectivity index (χ0) is 23.0. The molecule has 7 heteroatoms. The molecule has 1 amide bonds. The van der Waals surface area contributed by atoms with Gasteiger partial charge >= 0.3 is 0 Å². The molecule has 0 spiro atoms. The lowest BCUT2D eigenvalue weighted by Gasteiger charge is -2.41. The number of benzene rings is 1. The molecule has 6 rings (SSSR count). The number of aromatic nitrogens is 2. The Morgan fingerprint density at radius 2 is 1.74 bits per heavy atom. The van der Waals surface area contributed by atoms with E-state index in [-0.39, 0.29) is 11.3 Å². The van der Waals surface area contributed by atoms with Crippen molar-refractivity contribution in [2.24, 2.45) is 0 Å². The molecule has 180 valence electrons. The topological polar surface area (TPSA) is 79.4 Å². The minimum absolute atomic E-state index is 0.232. The van der Waals surface area contributed by atoms with E-state index in [1.807, 2.05) is 0 Å². The number of carbonyl (C=O) groups is 1. The second-order valence-electron chi connectivity index (χ2n) is 10.3. The summed E-state index contributed by atoms with van der Waals surface area (Å²) in [6.45, 7) is 3.11. The van der Waals surface area contributed by atoms with Crippen LogP contribution in [0.25, 0.3) is 0 Å². The molecule has 1 aliphatic heterocycles. The Morgan fingerprint density at radius 1 is 0.971 bits per heavy atom. The number of aryl methyl sites for hydroxylation is 1. The number of anilines is 3. The Morgan fingerprint density at radius 3 is 2.44 bits per heavy atom. The normalized spacial score (nSPS) is 21.7. The molecule has 0 unspecified atom stereocenters. The van der Waals surface area contributed by atoms with Gasteiger partial charge in [-0.05, 0) is 62.6 Å². The van der Waals surface area contributed by atoms with E-state index < -0.39 is 0 Å². The van der Waals surface area contributed by atoms with Gasteiger partial charge in [0.1, 0.15) is 5.82 Å². The van der Waals surface area contributed by atoms with Gasteiger partial charge in [0, 0.05) is 30.4 Å². The molecule has 0 bridgehead atoms. The summed E-state index contributed by atoms with van der Waals surface area (Å²) in [6.07, 6.45) is 10.9. The molecule has 34 heavy (non-hydrogen) atoms. The van der Waals surface area contributed by atoms with Gasteiger partial charge in [-0.1, -0.05) is 31.4 Å². The van der Waals surface area contributed by atoms with Crippen molar-refractivity contribution in [1.29, 1.82) is 0 Å². The zero-order valence-corrected chi connectivity index (χ0v) is 19.9. The summed E-state index contributed by atoms with van der Waals surface area (Å²) < 4.78 is 5.50. The number of amides is 1. The van der Waals surface area contributed by atoms with Crippen LogP contribution >= 0.6 is 0 Å². The van der Waals surface area contributed by atoms with Crippen LogP contribution in [0.2, 0.25) is 0 Å². The van der Waals surface area contributed by atoms with Crippen molar-refractivity contribution < 1.29 is 9.53 Å². The van der Waals surface area contributed by atoms with Crippen molar-refractivity contribution in [2.75, 3.05) is 36.5 Å². The maximum absolute atomic E-state index is 13.2. The van der Waals surface area contributed by atoms with Gasteiger partial charge < -0.3 is 20.3 Å². The standard InChI is InChI=1S/C27H35N5O2/c33-25(29-20-5-1-2-6-20)27(13-4-14-27)19-9-11-21(12-10-19)28-24-22-7-3-8-23(22)30-26(31-24)32-15-17-34-18-16-32/h9-12,20H,1-8,13-18H2,(H,29,33)(H,28,30,31). The van der Waals surface area contributed by atoms with Crippen LogP contribution in [0.15, 0.2) is 24.3 Å². The van der Waals surface area contributed by atoms with E-state index in [4.69, 9.17) is 14.7 Å². The van der Waals surface area contributed by atoms with E-state index in [2.05, 4.69) is 39.8 Å². The fraction of sp³-hybridized carbons (Fsp3) is 0.593. The van der Waals surface area contributed by atoms with Crippen LogP contribution in [-0.4, -0.2) is 48.2 Å². The third-order valence-corrected chi connectivity index (χ3v) is 8.25. The molecule has 0 radical (unpaired) electrons. The molecule has 3 aliphatic carbocycles. The monoisotopic (exact) mass is 461 g/mol. The minimum Gasteiger partial charge on any atom is -0.378 e. The summed E-state index contributed by atoms with van der Waals surface area (Å²) in [5, 5.41) is 6.93. The maximum Gasteiger partial charge on any atom is 0.230 e. The lowest BCUT2D eigenvalue weighted by Crippen LogP contribution is -2.51. The second kappa shape index (κ2) is 9.17. The van der Waals surface area contributed by atoms with Gasteiger partial charge in [0.25, 0.3) is 0 Å². The lowest BCUT2D eigenvalue weighted by atomic mass is 9.63. The largest absolute Gasteiger partial charge is 0.378 e. The molecule has 2 saturated carbocycles. The van der Waals surface area contributed by atoms with E-state index >= 15 is 0 Å². The Labute approximate surface area is 201 Å². The number of ether oxygens (including phenoxy) is 1. The molecule has 2 N–H and O–H groups in total. The average Bonchev–Trinajstić information content (AvgIpc) is 3.52. The van der Waals surface area contributed by atoms with Gasteiger partial charge in [-0.15, -0.1) is 0 Å². The highest BCUT2D eigenvalue weighted by Gasteiger charge is 2.46. The third kappa shape index (κ3) is 4.04. The molecule has 1 aromatic carbocycles. The van der Waals surface area contributed by atoms with Crippen molar-refractivity contribution in [1.82, 2.24) is 15.3 Å². The van der Waals surface area contributed by atoms with Crippen molar-refractivity contribution in [3.05, 3.63) is 41.1 Å². The fourth-order valence-corrected chi connectivity index (χ4v) is 6.01. The Kier molecular flexibility index (Phi) is 5.89. The first-order valence-corrected chi connectivity index (χ1v) is 13.1. The van der Waals surface area contributed by atoms with E-state index in [0.717, 1.165) is 101 Å². The summed E-state index contributed by atoms with van der Waals surface area (Å²) in [5.41, 5.74) is 4.22. The smallest absolute Gasteiger partial charge is 0.230 e. The maximum atomic E-state index is 13.2. The van der Waals surface area contributed by atoms with E-state index in [9.17, 15) is 4.79 Å².